The molecule has 0 aromatic heterocycles. The van der Waals surface area contributed by atoms with Gasteiger partial charge in [0.25, 0.3) is 0 Å². The lowest BCUT2D eigenvalue weighted by Crippen LogP contribution is -2.71. The highest BCUT2D eigenvalue weighted by molar-refractivity contribution is 5.18. The van der Waals surface area contributed by atoms with Gasteiger partial charge in [-0.25, -0.2) is 0 Å². The van der Waals surface area contributed by atoms with Crippen LogP contribution < -0.4 is 5.32 Å². The Balaban J connectivity index is 1.56. The average molecular weight is 448 g/mol. The van der Waals surface area contributed by atoms with Crippen LogP contribution in [-0.2, 0) is 0 Å². The van der Waals surface area contributed by atoms with Crippen LogP contribution in [0.3, 0.4) is 0 Å². The molecule has 0 aromatic carbocycles. The van der Waals surface area contributed by atoms with Gasteiger partial charge in [-0.1, -0.05) is 60.8 Å². The third-order valence-electron chi connectivity index (χ3n) is 11.5. The van der Waals surface area contributed by atoms with Crippen LogP contribution in [0, 0.1) is 46.3 Å². The van der Waals surface area contributed by atoms with E-state index in [0.29, 0.717) is 17.8 Å². The van der Waals surface area contributed by atoms with Crippen molar-refractivity contribution < 1.29 is 10.2 Å². The summed E-state index contributed by atoms with van der Waals surface area (Å²) in [6, 6.07) is 0.124. The van der Waals surface area contributed by atoms with Crippen molar-refractivity contribution in [3.63, 3.8) is 0 Å². The highest BCUT2D eigenvalue weighted by Crippen LogP contribution is 2.69. The molecule has 0 aromatic rings. The van der Waals surface area contributed by atoms with E-state index in [4.69, 9.17) is 0 Å². The second-order valence-electron chi connectivity index (χ2n) is 13.5. The van der Waals surface area contributed by atoms with E-state index in [2.05, 4.69) is 46.9 Å². The lowest BCUT2D eigenvalue weighted by Gasteiger charge is -2.66. The number of hydrogen-bond acceptors (Lipinski definition) is 3. The normalized spacial score (nSPS) is 49.4. The fraction of sp³-hybridized carbons (Fsp3) is 1.00. The van der Waals surface area contributed by atoms with Gasteiger partial charge < -0.3 is 15.5 Å². The van der Waals surface area contributed by atoms with Crippen molar-refractivity contribution in [2.75, 3.05) is 6.54 Å². The van der Waals surface area contributed by atoms with Gasteiger partial charge >= 0.3 is 0 Å². The third-order valence-corrected chi connectivity index (χ3v) is 11.5. The molecule has 3 nitrogen and oxygen atoms in total. The molecule has 4 saturated carbocycles. The largest absolute Gasteiger partial charge is 0.393 e. The summed E-state index contributed by atoms with van der Waals surface area (Å²) in [5, 5.41) is 26.3. The number of hydrogen-bond donors (Lipinski definition) is 3. The SMILES string of the molecule is CCN[C@@H]1CC2C3CCC(C(C)CCCC(C)C)C3(C)CCC2C2(C)CC[C@H](O)C[C@]12O. The van der Waals surface area contributed by atoms with Gasteiger partial charge in [0.1, 0.15) is 0 Å². The van der Waals surface area contributed by atoms with Crippen LogP contribution in [0.25, 0.3) is 0 Å². The van der Waals surface area contributed by atoms with Gasteiger partial charge in [0.2, 0.25) is 0 Å². The smallest absolute Gasteiger partial charge is 0.0880 e. The molecule has 3 heteroatoms. The van der Waals surface area contributed by atoms with Crippen LogP contribution in [0.1, 0.15) is 112 Å². The number of aliphatic hydroxyl groups excluding tert-OH is 1. The topological polar surface area (TPSA) is 52.5 Å². The van der Waals surface area contributed by atoms with E-state index in [0.717, 1.165) is 55.4 Å². The molecule has 0 heterocycles. The molecule has 0 amide bonds. The molecule has 7 unspecified atom stereocenters. The summed E-state index contributed by atoms with van der Waals surface area (Å²) in [4.78, 5) is 0. The first kappa shape index (κ1) is 25.0. The lowest BCUT2D eigenvalue weighted by molar-refractivity contribution is -0.233. The van der Waals surface area contributed by atoms with Crippen LogP contribution in [0.15, 0.2) is 0 Å². The van der Waals surface area contributed by atoms with Crippen molar-refractivity contribution in [2.45, 2.75) is 130 Å². The number of aliphatic hydroxyl groups is 2. The first-order valence-electron chi connectivity index (χ1n) is 14.2. The molecule has 4 rings (SSSR count). The summed E-state index contributed by atoms with van der Waals surface area (Å²) in [5.41, 5.74) is -0.350. The van der Waals surface area contributed by atoms with Crippen molar-refractivity contribution in [1.29, 1.82) is 0 Å². The molecule has 0 spiro atoms. The molecule has 4 fully saturated rings. The Bertz CT molecular complexity index is 651. The predicted octanol–water partition coefficient (Wildman–Crippen LogP) is 6.17. The number of fused-ring (bicyclic) bond motifs is 5. The summed E-state index contributed by atoms with van der Waals surface area (Å²) in [7, 11) is 0. The maximum absolute atomic E-state index is 12.1. The summed E-state index contributed by atoms with van der Waals surface area (Å²) in [6.45, 7) is 15.4. The Labute approximate surface area is 198 Å². The number of rotatable bonds is 7. The minimum Gasteiger partial charge on any atom is -0.393 e. The molecule has 186 valence electrons. The summed E-state index contributed by atoms with van der Waals surface area (Å²) >= 11 is 0. The van der Waals surface area contributed by atoms with Crippen molar-refractivity contribution in [3.05, 3.63) is 0 Å². The first-order chi connectivity index (χ1) is 15.1. The van der Waals surface area contributed by atoms with Gasteiger partial charge in [0.05, 0.1) is 11.7 Å². The second-order valence-corrected chi connectivity index (χ2v) is 13.5. The van der Waals surface area contributed by atoms with E-state index in [9.17, 15) is 10.2 Å². The van der Waals surface area contributed by atoms with Crippen molar-refractivity contribution >= 4 is 0 Å². The summed E-state index contributed by atoms with van der Waals surface area (Å²) < 4.78 is 0. The quantitative estimate of drug-likeness (QED) is 0.437. The van der Waals surface area contributed by atoms with Gasteiger partial charge in [-0.05, 0) is 92.4 Å². The van der Waals surface area contributed by atoms with Crippen LogP contribution in [-0.4, -0.2) is 34.5 Å². The fourth-order valence-electron chi connectivity index (χ4n) is 9.82. The van der Waals surface area contributed by atoms with Gasteiger partial charge in [0, 0.05) is 17.9 Å². The zero-order valence-corrected chi connectivity index (χ0v) is 22.0. The van der Waals surface area contributed by atoms with Crippen molar-refractivity contribution in [2.24, 2.45) is 46.3 Å². The van der Waals surface area contributed by atoms with Crippen molar-refractivity contribution in [3.8, 4) is 0 Å². The molecule has 0 radical (unpaired) electrons. The highest BCUT2D eigenvalue weighted by Gasteiger charge is 2.67. The molecule has 0 aliphatic heterocycles. The molecular weight excluding hydrogens is 394 g/mol. The van der Waals surface area contributed by atoms with E-state index >= 15 is 0 Å². The lowest BCUT2D eigenvalue weighted by atomic mass is 9.42. The maximum Gasteiger partial charge on any atom is 0.0880 e. The second kappa shape index (κ2) is 9.15. The molecule has 0 bridgehead atoms. The Morgan fingerprint density at radius 3 is 2.41 bits per heavy atom. The molecule has 10 atom stereocenters. The minimum atomic E-state index is -0.766. The van der Waals surface area contributed by atoms with Crippen LogP contribution in [0.2, 0.25) is 0 Å². The molecular formula is C29H53NO2. The molecule has 3 N–H and O–H groups in total. The average Bonchev–Trinajstić information content (AvgIpc) is 3.07. The predicted molar refractivity (Wildman–Crippen MR) is 133 cm³/mol. The van der Waals surface area contributed by atoms with Gasteiger partial charge in [-0.15, -0.1) is 0 Å². The first-order valence-corrected chi connectivity index (χ1v) is 14.2. The Morgan fingerprint density at radius 2 is 1.72 bits per heavy atom. The van der Waals surface area contributed by atoms with E-state index in [1.165, 1.54) is 44.9 Å². The van der Waals surface area contributed by atoms with Gasteiger partial charge in [-0.3, -0.25) is 0 Å². The van der Waals surface area contributed by atoms with Gasteiger partial charge in [-0.2, -0.15) is 0 Å². The van der Waals surface area contributed by atoms with Crippen LogP contribution in [0.5, 0.6) is 0 Å². The maximum atomic E-state index is 12.1. The zero-order valence-electron chi connectivity index (χ0n) is 22.0. The van der Waals surface area contributed by atoms with E-state index in [1.54, 1.807) is 0 Å². The Morgan fingerprint density at radius 1 is 0.969 bits per heavy atom. The minimum absolute atomic E-state index is 0.0652. The van der Waals surface area contributed by atoms with Gasteiger partial charge in [0.15, 0.2) is 0 Å². The monoisotopic (exact) mass is 447 g/mol. The summed E-state index contributed by atoms with van der Waals surface area (Å²) in [5.74, 6) is 4.69. The summed E-state index contributed by atoms with van der Waals surface area (Å²) in [6.07, 6.45) is 12.7. The number of likely N-dealkylation sites (N-methyl/N-ethyl adjacent to an activating group) is 1. The van der Waals surface area contributed by atoms with E-state index in [1.807, 2.05) is 0 Å². The number of nitrogens with one attached hydrogen (secondary N) is 1. The molecule has 4 aliphatic rings. The fourth-order valence-corrected chi connectivity index (χ4v) is 9.82. The Hall–Kier alpha value is -0.120. The highest BCUT2D eigenvalue weighted by atomic mass is 16.3. The van der Waals surface area contributed by atoms with Crippen LogP contribution >= 0.6 is 0 Å². The van der Waals surface area contributed by atoms with Crippen molar-refractivity contribution in [1.82, 2.24) is 5.32 Å². The molecule has 32 heavy (non-hydrogen) atoms. The van der Waals surface area contributed by atoms with Crippen LogP contribution in [0.4, 0.5) is 0 Å². The van der Waals surface area contributed by atoms with E-state index in [-0.39, 0.29) is 17.6 Å². The zero-order chi connectivity index (χ0) is 23.3. The third kappa shape index (κ3) is 3.91. The Kier molecular flexibility index (Phi) is 7.15. The molecule has 4 aliphatic carbocycles. The molecule has 0 saturated heterocycles. The standard InChI is InChI=1S/C29H53NO2/c1-7-30-26-17-22-24-12-11-23(20(4)10-8-9-19(2)3)27(24,5)15-14-25(22)28(6)16-13-21(31)18-29(26,28)32/h19-26,30-32H,7-18H2,1-6H3/t20?,21-,22?,23?,24?,25?,26+,27?,28?,29-/m0/s1. The van der Waals surface area contributed by atoms with E-state index < -0.39 is 5.60 Å².